The SMILES string of the molecule is CCNC(=O)CN(CC)c1ncnc(OC)c1N. The van der Waals surface area contributed by atoms with Crippen molar-refractivity contribution in [1.82, 2.24) is 15.3 Å². The Bertz CT molecular complexity index is 410. The number of nitrogens with two attached hydrogens (primary N) is 1. The Morgan fingerprint density at radius 1 is 1.50 bits per heavy atom. The highest BCUT2D eigenvalue weighted by Gasteiger charge is 2.16. The van der Waals surface area contributed by atoms with Gasteiger partial charge in [0.15, 0.2) is 5.82 Å². The van der Waals surface area contributed by atoms with Gasteiger partial charge in [-0.05, 0) is 13.8 Å². The Balaban J connectivity index is 2.91. The Morgan fingerprint density at radius 2 is 2.22 bits per heavy atom. The van der Waals surface area contributed by atoms with Crippen LogP contribution in [0.4, 0.5) is 11.5 Å². The third-order valence-electron chi connectivity index (χ3n) is 2.41. The number of ether oxygens (including phenoxy) is 1. The van der Waals surface area contributed by atoms with Gasteiger partial charge in [0, 0.05) is 13.1 Å². The first-order valence-corrected chi connectivity index (χ1v) is 5.80. The van der Waals surface area contributed by atoms with E-state index in [2.05, 4.69) is 15.3 Å². The van der Waals surface area contributed by atoms with Gasteiger partial charge in [-0.15, -0.1) is 0 Å². The molecule has 0 atom stereocenters. The first-order chi connectivity index (χ1) is 8.63. The van der Waals surface area contributed by atoms with Crippen molar-refractivity contribution in [2.24, 2.45) is 0 Å². The Labute approximate surface area is 106 Å². The minimum absolute atomic E-state index is 0.0728. The van der Waals surface area contributed by atoms with Gasteiger partial charge >= 0.3 is 0 Å². The van der Waals surface area contributed by atoms with E-state index in [1.165, 1.54) is 13.4 Å². The summed E-state index contributed by atoms with van der Waals surface area (Å²) < 4.78 is 5.03. The van der Waals surface area contributed by atoms with Gasteiger partial charge in [-0.3, -0.25) is 4.79 Å². The lowest BCUT2D eigenvalue weighted by Gasteiger charge is -2.22. The van der Waals surface area contributed by atoms with Crippen LogP contribution in [-0.2, 0) is 4.79 Å². The fraction of sp³-hybridized carbons (Fsp3) is 0.545. The minimum atomic E-state index is -0.0728. The Morgan fingerprint density at radius 3 is 2.78 bits per heavy atom. The van der Waals surface area contributed by atoms with E-state index in [1.54, 1.807) is 4.90 Å². The number of hydrogen-bond acceptors (Lipinski definition) is 6. The summed E-state index contributed by atoms with van der Waals surface area (Å²) in [7, 11) is 1.49. The largest absolute Gasteiger partial charge is 0.479 e. The molecule has 0 aromatic carbocycles. The number of aromatic nitrogens is 2. The molecule has 1 rings (SSSR count). The van der Waals surface area contributed by atoms with Crippen LogP contribution in [0, 0.1) is 0 Å². The van der Waals surface area contributed by atoms with E-state index < -0.39 is 0 Å². The summed E-state index contributed by atoms with van der Waals surface area (Å²) in [6, 6.07) is 0. The molecule has 0 saturated carbocycles. The molecule has 100 valence electrons. The Hall–Kier alpha value is -2.05. The molecule has 1 aromatic rings. The van der Waals surface area contributed by atoms with Crippen molar-refractivity contribution in [2.45, 2.75) is 13.8 Å². The van der Waals surface area contributed by atoms with Gasteiger partial charge in [0.1, 0.15) is 12.0 Å². The molecule has 7 heteroatoms. The number of hydrogen-bond donors (Lipinski definition) is 2. The van der Waals surface area contributed by atoms with Gasteiger partial charge in [-0.25, -0.2) is 4.98 Å². The molecule has 0 unspecified atom stereocenters. The summed E-state index contributed by atoms with van der Waals surface area (Å²) in [4.78, 5) is 21.4. The molecule has 7 nitrogen and oxygen atoms in total. The average Bonchev–Trinajstić information content (AvgIpc) is 2.37. The number of carbonyl (C=O) groups excluding carboxylic acids is 1. The van der Waals surface area contributed by atoms with Crippen molar-refractivity contribution in [2.75, 3.05) is 37.4 Å². The van der Waals surface area contributed by atoms with Gasteiger partial charge in [0.25, 0.3) is 0 Å². The molecule has 0 aliphatic carbocycles. The zero-order chi connectivity index (χ0) is 13.5. The van der Waals surface area contributed by atoms with E-state index in [1.807, 2.05) is 13.8 Å². The van der Waals surface area contributed by atoms with E-state index >= 15 is 0 Å². The van der Waals surface area contributed by atoms with Gasteiger partial charge in [0.05, 0.1) is 13.7 Å². The molecular weight excluding hydrogens is 234 g/mol. The molecule has 0 saturated heterocycles. The summed E-state index contributed by atoms with van der Waals surface area (Å²) in [5, 5.41) is 2.73. The lowest BCUT2D eigenvalue weighted by molar-refractivity contribution is -0.119. The third-order valence-corrected chi connectivity index (χ3v) is 2.41. The zero-order valence-electron chi connectivity index (χ0n) is 10.9. The normalized spacial score (nSPS) is 9.94. The van der Waals surface area contributed by atoms with Crippen molar-refractivity contribution >= 4 is 17.4 Å². The van der Waals surface area contributed by atoms with Crippen LogP contribution in [-0.4, -0.2) is 42.6 Å². The smallest absolute Gasteiger partial charge is 0.242 e. The van der Waals surface area contributed by atoms with Crippen LogP contribution in [0.15, 0.2) is 6.33 Å². The average molecular weight is 253 g/mol. The standard InChI is InChI=1S/C11H19N5O2/c1-4-13-8(17)6-16(5-2)10-9(12)11(18-3)15-7-14-10/h7H,4-6,12H2,1-3H3,(H,13,17). The highest BCUT2D eigenvalue weighted by molar-refractivity contribution is 5.82. The summed E-state index contributed by atoms with van der Waals surface area (Å²) in [6.07, 6.45) is 1.37. The number of nitrogen functional groups attached to an aromatic ring is 1. The van der Waals surface area contributed by atoms with Crippen molar-refractivity contribution in [3.8, 4) is 5.88 Å². The summed E-state index contributed by atoms with van der Waals surface area (Å²) in [6.45, 7) is 5.21. The van der Waals surface area contributed by atoms with Gasteiger partial charge in [0.2, 0.25) is 11.8 Å². The maximum Gasteiger partial charge on any atom is 0.242 e. The third kappa shape index (κ3) is 3.22. The number of amides is 1. The molecule has 1 amide bonds. The van der Waals surface area contributed by atoms with Crippen LogP contribution in [0.1, 0.15) is 13.8 Å². The number of likely N-dealkylation sites (N-methyl/N-ethyl adjacent to an activating group) is 2. The predicted octanol–water partition coefficient (Wildman–Crippen LogP) is 0.0298. The monoisotopic (exact) mass is 253 g/mol. The quantitative estimate of drug-likeness (QED) is 0.743. The first kappa shape index (κ1) is 14.0. The summed E-state index contributed by atoms with van der Waals surface area (Å²) in [5.74, 6) is 0.751. The van der Waals surface area contributed by atoms with Crippen LogP contribution in [0.3, 0.4) is 0 Å². The van der Waals surface area contributed by atoms with Crippen LogP contribution < -0.4 is 20.7 Å². The summed E-state index contributed by atoms with van der Waals surface area (Å²) >= 11 is 0. The van der Waals surface area contributed by atoms with Crippen LogP contribution in [0.2, 0.25) is 0 Å². The molecule has 1 aromatic heterocycles. The fourth-order valence-corrected chi connectivity index (χ4v) is 1.55. The number of anilines is 2. The highest BCUT2D eigenvalue weighted by atomic mass is 16.5. The molecule has 3 N–H and O–H groups in total. The number of methoxy groups -OCH3 is 1. The number of nitrogens with zero attached hydrogens (tertiary/aromatic N) is 3. The second-order valence-corrected chi connectivity index (χ2v) is 3.59. The van der Waals surface area contributed by atoms with Crippen LogP contribution in [0.5, 0.6) is 5.88 Å². The molecule has 0 fully saturated rings. The zero-order valence-corrected chi connectivity index (χ0v) is 10.9. The lowest BCUT2D eigenvalue weighted by Crippen LogP contribution is -2.37. The molecular formula is C11H19N5O2. The first-order valence-electron chi connectivity index (χ1n) is 5.80. The Kier molecular flexibility index (Phi) is 5.16. The summed E-state index contributed by atoms with van der Waals surface area (Å²) in [5.41, 5.74) is 6.24. The van der Waals surface area contributed by atoms with Crippen LogP contribution in [0.25, 0.3) is 0 Å². The maximum absolute atomic E-state index is 11.6. The second kappa shape index (κ2) is 6.63. The molecule has 18 heavy (non-hydrogen) atoms. The van der Waals surface area contributed by atoms with Crippen molar-refractivity contribution in [3.63, 3.8) is 0 Å². The van der Waals surface area contributed by atoms with Gasteiger partial charge < -0.3 is 20.7 Å². The minimum Gasteiger partial charge on any atom is -0.479 e. The van der Waals surface area contributed by atoms with E-state index in [-0.39, 0.29) is 12.5 Å². The fourth-order valence-electron chi connectivity index (χ4n) is 1.55. The topological polar surface area (TPSA) is 93.4 Å². The lowest BCUT2D eigenvalue weighted by atomic mass is 10.3. The van der Waals surface area contributed by atoms with Crippen molar-refractivity contribution < 1.29 is 9.53 Å². The number of nitrogens with one attached hydrogen (secondary N) is 1. The molecule has 0 radical (unpaired) electrons. The molecule has 0 spiro atoms. The van der Waals surface area contributed by atoms with E-state index in [9.17, 15) is 4.79 Å². The van der Waals surface area contributed by atoms with Crippen LogP contribution >= 0.6 is 0 Å². The molecule has 0 bridgehead atoms. The van der Waals surface area contributed by atoms with Crippen molar-refractivity contribution in [1.29, 1.82) is 0 Å². The van der Waals surface area contributed by atoms with Gasteiger partial charge in [-0.1, -0.05) is 0 Å². The predicted molar refractivity (Wildman–Crippen MR) is 69.6 cm³/mol. The van der Waals surface area contributed by atoms with Gasteiger partial charge in [-0.2, -0.15) is 4.98 Å². The molecule has 1 heterocycles. The molecule has 0 aliphatic rings. The number of rotatable bonds is 6. The van der Waals surface area contributed by atoms with Crippen molar-refractivity contribution in [3.05, 3.63) is 6.33 Å². The van der Waals surface area contributed by atoms with E-state index in [4.69, 9.17) is 10.5 Å². The number of carbonyl (C=O) groups is 1. The second-order valence-electron chi connectivity index (χ2n) is 3.59. The van der Waals surface area contributed by atoms with E-state index in [0.717, 1.165) is 0 Å². The molecule has 0 aliphatic heterocycles. The maximum atomic E-state index is 11.6. The highest BCUT2D eigenvalue weighted by Crippen LogP contribution is 2.26. The van der Waals surface area contributed by atoms with E-state index in [0.29, 0.717) is 30.5 Å².